The maximum Gasteiger partial charge on any atom is 0.311 e. The van der Waals surface area contributed by atoms with E-state index in [0.717, 1.165) is 19.3 Å². The number of carbonyl (C=O) groups is 2. The molecule has 3 rings (SSSR count). The summed E-state index contributed by atoms with van der Waals surface area (Å²) in [6.07, 6.45) is 5.73. The maximum atomic E-state index is 12.6. The van der Waals surface area contributed by atoms with Gasteiger partial charge in [-0.1, -0.05) is 43.0 Å². The van der Waals surface area contributed by atoms with Crippen LogP contribution in [0.3, 0.4) is 0 Å². The fourth-order valence-electron chi connectivity index (χ4n) is 3.47. The molecule has 138 valence electrons. The van der Waals surface area contributed by atoms with Crippen LogP contribution in [0.1, 0.15) is 48.2 Å². The molecule has 0 bridgehead atoms. The minimum Gasteiger partial charge on any atom is -0.481 e. The van der Waals surface area contributed by atoms with Gasteiger partial charge in [0.2, 0.25) is 0 Å². The minimum atomic E-state index is -0.868. The topological polar surface area (TPSA) is 84.2 Å². The van der Waals surface area contributed by atoms with Crippen molar-refractivity contribution in [2.24, 2.45) is 5.41 Å². The molecule has 7 heteroatoms. The summed E-state index contributed by atoms with van der Waals surface area (Å²) in [6.45, 7) is 1.92. The third kappa shape index (κ3) is 3.60. The molecule has 1 aliphatic rings. The summed E-state index contributed by atoms with van der Waals surface area (Å²) in [7, 11) is 0. The Hall–Kier alpha value is -2.34. The molecule has 2 N–H and O–H groups in total. The van der Waals surface area contributed by atoms with Gasteiger partial charge in [0, 0.05) is 18.3 Å². The second-order valence-electron chi connectivity index (χ2n) is 6.89. The number of carboxylic acid groups (broad SMARTS) is 1. The molecule has 1 saturated carbocycles. The van der Waals surface area contributed by atoms with Gasteiger partial charge in [-0.05, 0) is 31.9 Å². The van der Waals surface area contributed by atoms with Crippen molar-refractivity contribution in [1.82, 2.24) is 15.1 Å². The van der Waals surface area contributed by atoms with Crippen LogP contribution < -0.4 is 5.32 Å². The molecule has 26 heavy (non-hydrogen) atoms. The molecule has 1 aliphatic carbocycles. The highest BCUT2D eigenvalue weighted by atomic mass is 35.5. The summed E-state index contributed by atoms with van der Waals surface area (Å²) in [6, 6.07) is 7.24. The Morgan fingerprint density at radius 1 is 1.27 bits per heavy atom. The fourth-order valence-corrected chi connectivity index (χ4v) is 3.70. The normalized spacial score (nSPS) is 16.2. The Kier molecular flexibility index (Phi) is 5.32. The standard InChI is InChI=1S/C19H22ClN3O3/c1-13-11-23(15-8-4-3-7-14(15)20)22-16(13)17(24)21-12-19(18(25)26)9-5-2-6-10-19/h3-4,7-8,11H,2,5-6,9-10,12H2,1H3,(H,21,24)(H,25,26). The van der Waals surface area contributed by atoms with Gasteiger partial charge < -0.3 is 10.4 Å². The second-order valence-corrected chi connectivity index (χ2v) is 7.29. The van der Waals surface area contributed by atoms with Crippen LogP contribution in [0.2, 0.25) is 5.02 Å². The van der Waals surface area contributed by atoms with Gasteiger partial charge in [0.05, 0.1) is 16.1 Å². The smallest absolute Gasteiger partial charge is 0.311 e. The summed E-state index contributed by atoms with van der Waals surface area (Å²) in [5.74, 6) is -1.20. The number of carboxylic acids is 1. The summed E-state index contributed by atoms with van der Waals surface area (Å²) in [4.78, 5) is 24.3. The van der Waals surface area contributed by atoms with E-state index in [1.54, 1.807) is 23.9 Å². The van der Waals surface area contributed by atoms with Gasteiger partial charge in [-0.25, -0.2) is 4.68 Å². The van der Waals surface area contributed by atoms with E-state index in [-0.39, 0.29) is 18.1 Å². The number of halogens is 1. The Labute approximate surface area is 157 Å². The lowest BCUT2D eigenvalue weighted by Crippen LogP contribution is -2.44. The highest BCUT2D eigenvalue weighted by molar-refractivity contribution is 6.32. The summed E-state index contributed by atoms with van der Waals surface area (Å²) in [5.41, 5.74) is 0.801. The molecule has 2 aromatic rings. The number of hydrogen-bond donors (Lipinski definition) is 2. The van der Waals surface area contributed by atoms with Crippen LogP contribution in [0.5, 0.6) is 0 Å². The van der Waals surface area contributed by atoms with E-state index in [1.807, 2.05) is 18.2 Å². The molecule has 0 unspecified atom stereocenters. The number of para-hydroxylation sites is 1. The Balaban J connectivity index is 1.76. The van der Waals surface area contributed by atoms with Crippen molar-refractivity contribution in [1.29, 1.82) is 0 Å². The van der Waals surface area contributed by atoms with Crippen molar-refractivity contribution in [3.8, 4) is 5.69 Å². The van der Waals surface area contributed by atoms with Gasteiger partial charge >= 0.3 is 5.97 Å². The number of nitrogens with zero attached hydrogens (tertiary/aromatic N) is 2. The van der Waals surface area contributed by atoms with E-state index in [0.29, 0.717) is 29.1 Å². The van der Waals surface area contributed by atoms with E-state index < -0.39 is 11.4 Å². The Morgan fingerprint density at radius 2 is 1.96 bits per heavy atom. The maximum absolute atomic E-state index is 12.6. The number of aromatic nitrogens is 2. The monoisotopic (exact) mass is 375 g/mol. The van der Waals surface area contributed by atoms with Gasteiger partial charge in [0.25, 0.3) is 5.91 Å². The van der Waals surface area contributed by atoms with Crippen molar-refractivity contribution < 1.29 is 14.7 Å². The van der Waals surface area contributed by atoms with Crippen molar-refractivity contribution in [3.63, 3.8) is 0 Å². The van der Waals surface area contributed by atoms with E-state index in [9.17, 15) is 14.7 Å². The van der Waals surface area contributed by atoms with Crippen LogP contribution >= 0.6 is 11.6 Å². The predicted molar refractivity (Wildman–Crippen MR) is 98.8 cm³/mol. The van der Waals surface area contributed by atoms with Gasteiger partial charge in [0.15, 0.2) is 5.69 Å². The lowest BCUT2D eigenvalue weighted by atomic mass is 9.74. The third-order valence-electron chi connectivity index (χ3n) is 5.06. The predicted octanol–water partition coefficient (Wildman–Crippen LogP) is 3.60. The zero-order valence-electron chi connectivity index (χ0n) is 14.7. The molecule has 0 atom stereocenters. The van der Waals surface area contributed by atoms with Crippen LogP contribution in [-0.4, -0.2) is 33.3 Å². The molecular weight excluding hydrogens is 354 g/mol. The van der Waals surface area contributed by atoms with Gasteiger partial charge in [0.1, 0.15) is 0 Å². The first-order chi connectivity index (χ1) is 12.4. The molecule has 1 amide bonds. The second kappa shape index (κ2) is 7.50. The molecule has 1 fully saturated rings. The first kappa shape index (κ1) is 18.5. The van der Waals surface area contributed by atoms with E-state index in [1.165, 1.54) is 0 Å². The molecular formula is C19H22ClN3O3. The molecule has 0 spiro atoms. The quantitative estimate of drug-likeness (QED) is 0.836. The number of aliphatic carboxylic acids is 1. The van der Waals surface area contributed by atoms with Crippen molar-refractivity contribution in [2.45, 2.75) is 39.0 Å². The van der Waals surface area contributed by atoms with Gasteiger partial charge in [-0.3, -0.25) is 9.59 Å². The van der Waals surface area contributed by atoms with E-state index in [2.05, 4.69) is 10.4 Å². The van der Waals surface area contributed by atoms with E-state index in [4.69, 9.17) is 11.6 Å². The molecule has 1 heterocycles. The van der Waals surface area contributed by atoms with Crippen LogP contribution in [0.15, 0.2) is 30.5 Å². The van der Waals surface area contributed by atoms with Crippen molar-refractivity contribution in [3.05, 3.63) is 46.7 Å². The van der Waals surface area contributed by atoms with Gasteiger partial charge in [-0.2, -0.15) is 5.10 Å². The zero-order valence-corrected chi connectivity index (χ0v) is 15.4. The highest BCUT2D eigenvalue weighted by Gasteiger charge is 2.40. The molecule has 6 nitrogen and oxygen atoms in total. The lowest BCUT2D eigenvalue weighted by molar-refractivity contribution is -0.150. The third-order valence-corrected chi connectivity index (χ3v) is 5.38. The largest absolute Gasteiger partial charge is 0.481 e. The number of benzene rings is 1. The summed E-state index contributed by atoms with van der Waals surface area (Å²) < 4.78 is 1.57. The average molecular weight is 376 g/mol. The van der Waals surface area contributed by atoms with E-state index >= 15 is 0 Å². The van der Waals surface area contributed by atoms with Crippen LogP contribution in [-0.2, 0) is 4.79 Å². The number of aryl methyl sites for hydroxylation is 1. The number of nitrogens with one attached hydrogen (secondary N) is 1. The minimum absolute atomic E-state index is 0.125. The van der Waals surface area contributed by atoms with Crippen LogP contribution in [0, 0.1) is 12.3 Å². The number of amides is 1. The van der Waals surface area contributed by atoms with Crippen LogP contribution in [0.4, 0.5) is 0 Å². The highest BCUT2D eigenvalue weighted by Crippen LogP contribution is 2.36. The van der Waals surface area contributed by atoms with Crippen molar-refractivity contribution in [2.75, 3.05) is 6.54 Å². The van der Waals surface area contributed by atoms with Crippen molar-refractivity contribution >= 4 is 23.5 Å². The molecule has 0 saturated heterocycles. The number of rotatable bonds is 5. The average Bonchev–Trinajstić information content (AvgIpc) is 3.02. The van der Waals surface area contributed by atoms with Gasteiger partial charge in [-0.15, -0.1) is 0 Å². The summed E-state index contributed by atoms with van der Waals surface area (Å²) in [5, 5.41) is 17.3. The fraction of sp³-hybridized carbons (Fsp3) is 0.421. The SMILES string of the molecule is Cc1cn(-c2ccccc2Cl)nc1C(=O)NCC1(C(=O)O)CCCCC1. The number of carbonyl (C=O) groups excluding carboxylic acids is 1. The van der Waals surface area contributed by atoms with Crippen LogP contribution in [0.25, 0.3) is 5.69 Å². The Bertz CT molecular complexity index is 825. The molecule has 1 aromatic heterocycles. The first-order valence-electron chi connectivity index (χ1n) is 8.76. The zero-order chi connectivity index (χ0) is 18.7. The molecule has 0 aliphatic heterocycles. The Morgan fingerprint density at radius 3 is 2.62 bits per heavy atom. The molecule has 0 radical (unpaired) electrons. The lowest BCUT2D eigenvalue weighted by Gasteiger charge is -2.33. The first-order valence-corrected chi connectivity index (χ1v) is 9.13. The number of hydrogen-bond acceptors (Lipinski definition) is 3. The molecule has 1 aromatic carbocycles. The summed E-state index contributed by atoms with van der Waals surface area (Å²) >= 11 is 6.19.